The fourth-order valence-corrected chi connectivity index (χ4v) is 7.75. The summed E-state index contributed by atoms with van der Waals surface area (Å²) in [4.78, 5) is 81.1. The predicted molar refractivity (Wildman–Crippen MR) is 168 cm³/mol. The zero-order valence-corrected chi connectivity index (χ0v) is 24.8. The second-order valence-corrected chi connectivity index (χ2v) is 12.0. The van der Waals surface area contributed by atoms with Gasteiger partial charge in [0.2, 0.25) is 11.8 Å². The van der Waals surface area contributed by atoms with E-state index in [4.69, 9.17) is 0 Å². The van der Waals surface area contributed by atoms with Gasteiger partial charge in [0.25, 0.3) is 23.2 Å². The number of nitro benzene ring substituents is 2. The van der Waals surface area contributed by atoms with E-state index in [9.17, 15) is 39.4 Å². The van der Waals surface area contributed by atoms with Crippen LogP contribution in [0.25, 0.3) is 0 Å². The second-order valence-electron chi connectivity index (χ2n) is 12.0. The number of nitro groups is 2. The van der Waals surface area contributed by atoms with E-state index in [1.807, 2.05) is 0 Å². The summed E-state index contributed by atoms with van der Waals surface area (Å²) in [5.41, 5.74) is 1.27. The first kappa shape index (κ1) is 29.3. The number of benzene rings is 4. The third-order valence-corrected chi connectivity index (χ3v) is 9.64. The first-order chi connectivity index (χ1) is 23.2. The lowest BCUT2D eigenvalue weighted by Crippen LogP contribution is -2.50. The van der Waals surface area contributed by atoms with Crippen LogP contribution in [-0.2, 0) is 19.2 Å². The molecular formula is C34H24N6O8. The number of hydrazine groups is 1. The van der Waals surface area contributed by atoms with Gasteiger partial charge in [0.05, 0.1) is 45.1 Å². The molecule has 4 amide bonds. The van der Waals surface area contributed by atoms with Crippen LogP contribution in [-0.4, -0.2) is 55.6 Å². The molecule has 14 heteroatoms. The number of carbonyl (C=O) groups is 4. The van der Waals surface area contributed by atoms with Crippen LogP contribution in [0.4, 0.5) is 22.7 Å². The number of fused-ring (bicyclic) bond motifs is 5. The SMILES string of the molecule is O=C1[C@@H]2[C@@H](C(=O)N1c1ccc([N+](=O)[O-])cc1)N1[C@H](c3ccccc3)[C@@H]3C(=O)N(c4ccc([N+](=O)[O-])cc4)C(=O)[C@@H]3N1[C@@H]2c1ccccc1. The van der Waals surface area contributed by atoms with Crippen LogP contribution < -0.4 is 9.80 Å². The number of hydrogen-bond acceptors (Lipinski definition) is 10. The molecule has 0 radical (unpaired) electrons. The molecule has 238 valence electrons. The van der Waals surface area contributed by atoms with E-state index in [1.54, 1.807) is 70.7 Å². The van der Waals surface area contributed by atoms with Crippen LogP contribution in [0.3, 0.4) is 0 Å². The van der Waals surface area contributed by atoms with Gasteiger partial charge < -0.3 is 0 Å². The van der Waals surface area contributed by atoms with Crippen molar-refractivity contribution in [2.75, 3.05) is 9.80 Å². The van der Waals surface area contributed by atoms with Crippen LogP contribution in [0.5, 0.6) is 0 Å². The minimum atomic E-state index is -1.10. The Labute approximate surface area is 271 Å². The summed E-state index contributed by atoms with van der Waals surface area (Å²) >= 11 is 0. The van der Waals surface area contributed by atoms with Gasteiger partial charge >= 0.3 is 0 Å². The summed E-state index contributed by atoms with van der Waals surface area (Å²) in [6.07, 6.45) is 0. The molecule has 0 aromatic heterocycles. The molecular weight excluding hydrogens is 620 g/mol. The van der Waals surface area contributed by atoms with Crippen molar-refractivity contribution < 1.29 is 29.0 Å². The highest BCUT2D eigenvalue weighted by Gasteiger charge is 2.73. The van der Waals surface area contributed by atoms with Gasteiger partial charge in [-0.1, -0.05) is 60.7 Å². The summed E-state index contributed by atoms with van der Waals surface area (Å²) < 4.78 is 0. The van der Waals surface area contributed by atoms with Crippen molar-refractivity contribution in [1.82, 2.24) is 10.0 Å². The van der Waals surface area contributed by atoms with Gasteiger partial charge in [0, 0.05) is 24.3 Å². The average Bonchev–Trinajstić information content (AvgIpc) is 3.77. The van der Waals surface area contributed by atoms with Crippen molar-refractivity contribution in [2.24, 2.45) is 11.8 Å². The third kappa shape index (κ3) is 4.06. The van der Waals surface area contributed by atoms with E-state index in [1.165, 1.54) is 48.5 Å². The molecule has 4 heterocycles. The van der Waals surface area contributed by atoms with Crippen molar-refractivity contribution >= 4 is 46.4 Å². The van der Waals surface area contributed by atoms with Gasteiger partial charge in [0.15, 0.2) is 0 Å². The molecule has 14 nitrogen and oxygen atoms in total. The lowest BCUT2D eigenvalue weighted by Gasteiger charge is -2.35. The maximum atomic E-state index is 14.4. The van der Waals surface area contributed by atoms with Crippen LogP contribution in [0.1, 0.15) is 23.2 Å². The van der Waals surface area contributed by atoms with E-state index in [0.717, 1.165) is 9.80 Å². The number of imide groups is 2. The lowest BCUT2D eigenvalue weighted by molar-refractivity contribution is -0.385. The van der Waals surface area contributed by atoms with Gasteiger partial charge in [-0.3, -0.25) is 39.4 Å². The molecule has 0 spiro atoms. The summed E-state index contributed by atoms with van der Waals surface area (Å²) in [6.45, 7) is 0. The summed E-state index contributed by atoms with van der Waals surface area (Å²) in [6, 6.07) is 24.4. The number of nitrogens with zero attached hydrogens (tertiary/aromatic N) is 6. The van der Waals surface area contributed by atoms with E-state index in [0.29, 0.717) is 11.1 Å². The predicted octanol–water partition coefficient (Wildman–Crippen LogP) is 3.95. The fourth-order valence-electron chi connectivity index (χ4n) is 7.75. The Balaban J connectivity index is 1.28. The van der Waals surface area contributed by atoms with E-state index in [-0.39, 0.29) is 22.7 Å². The van der Waals surface area contributed by atoms with Gasteiger partial charge in [-0.25, -0.2) is 19.8 Å². The molecule has 4 aromatic carbocycles. The van der Waals surface area contributed by atoms with Crippen molar-refractivity contribution in [1.29, 1.82) is 0 Å². The molecule has 4 fully saturated rings. The number of anilines is 2. The van der Waals surface area contributed by atoms with Crippen LogP contribution in [0.2, 0.25) is 0 Å². The number of rotatable bonds is 6. The maximum Gasteiger partial charge on any atom is 0.269 e. The van der Waals surface area contributed by atoms with Gasteiger partial charge in [-0.05, 0) is 35.4 Å². The van der Waals surface area contributed by atoms with Gasteiger partial charge in [-0.2, -0.15) is 0 Å². The van der Waals surface area contributed by atoms with Gasteiger partial charge in [-0.15, -0.1) is 0 Å². The normalized spacial score (nSPS) is 26.6. The molecule has 4 aliphatic rings. The Hall–Kier alpha value is -6.12. The molecule has 48 heavy (non-hydrogen) atoms. The highest BCUT2D eigenvalue weighted by Crippen LogP contribution is 2.59. The zero-order chi connectivity index (χ0) is 33.4. The Kier molecular flexibility index (Phi) is 6.54. The fraction of sp³-hybridized carbons (Fsp3) is 0.176. The smallest absolute Gasteiger partial charge is 0.269 e. The van der Waals surface area contributed by atoms with Crippen molar-refractivity contribution in [3.63, 3.8) is 0 Å². The molecule has 4 aliphatic heterocycles. The minimum absolute atomic E-state index is 0.176. The van der Waals surface area contributed by atoms with Gasteiger partial charge in [0.1, 0.15) is 12.1 Å². The Morgan fingerprint density at radius 2 is 0.771 bits per heavy atom. The summed E-state index contributed by atoms with van der Waals surface area (Å²) in [5.74, 6) is -4.19. The number of hydrogen-bond donors (Lipinski definition) is 0. The highest BCUT2D eigenvalue weighted by molar-refractivity contribution is 6.26. The lowest BCUT2D eigenvalue weighted by atomic mass is 9.84. The minimum Gasteiger partial charge on any atom is -0.274 e. The molecule has 0 saturated carbocycles. The summed E-state index contributed by atoms with van der Waals surface area (Å²) in [7, 11) is 0. The number of carbonyl (C=O) groups excluding carboxylic acids is 4. The molecule has 6 atom stereocenters. The molecule has 0 bridgehead atoms. The Morgan fingerprint density at radius 1 is 0.438 bits per heavy atom. The zero-order valence-electron chi connectivity index (χ0n) is 24.8. The molecule has 0 N–H and O–H groups in total. The van der Waals surface area contributed by atoms with Crippen molar-refractivity contribution in [3.05, 3.63) is 141 Å². The van der Waals surface area contributed by atoms with Crippen LogP contribution in [0.15, 0.2) is 109 Å². The third-order valence-electron chi connectivity index (χ3n) is 9.64. The standard InChI is InChI=1S/C34H24N6O8/c41-31-25-27(19-7-3-1-4-8-19)37-30-26(32(42)36(34(30)44)22-13-17-24(18-14-22)40(47)48)28(20-9-5-2-6-10-20)38(37)29(25)33(43)35(31)21-11-15-23(16-12-21)39(45)46/h1-18,25-30H/t25-,26-,27+,28+,29-,30+/m0/s1. The Morgan fingerprint density at radius 3 is 1.08 bits per heavy atom. The Bertz CT molecular complexity index is 1880. The maximum absolute atomic E-state index is 14.4. The molecule has 4 aromatic rings. The average molecular weight is 645 g/mol. The van der Waals surface area contributed by atoms with Crippen molar-refractivity contribution in [3.8, 4) is 0 Å². The molecule has 0 unspecified atom stereocenters. The van der Waals surface area contributed by atoms with E-state index < -0.39 is 69.5 Å². The topological polar surface area (TPSA) is 168 Å². The number of amides is 4. The first-order valence-electron chi connectivity index (χ1n) is 15.1. The number of non-ortho nitro benzene ring substituents is 2. The second kappa shape index (κ2) is 10.7. The van der Waals surface area contributed by atoms with Crippen LogP contribution in [0, 0.1) is 32.1 Å². The molecule has 0 aliphatic carbocycles. The first-order valence-corrected chi connectivity index (χ1v) is 15.1. The largest absolute Gasteiger partial charge is 0.274 e. The quantitative estimate of drug-likeness (QED) is 0.170. The monoisotopic (exact) mass is 644 g/mol. The highest BCUT2D eigenvalue weighted by atomic mass is 16.6. The van der Waals surface area contributed by atoms with Crippen LogP contribution >= 0.6 is 0 Å². The van der Waals surface area contributed by atoms with Crippen molar-refractivity contribution in [2.45, 2.75) is 24.2 Å². The van der Waals surface area contributed by atoms with E-state index in [2.05, 4.69) is 0 Å². The molecule has 4 saturated heterocycles. The molecule has 8 rings (SSSR count). The van der Waals surface area contributed by atoms with E-state index >= 15 is 0 Å². The summed E-state index contributed by atoms with van der Waals surface area (Å²) in [5, 5.41) is 26.0.